The lowest BCUT2D eigenvalue weighted by atomic mass is 10.1. The van der Waals surface area contributed by atoms with Crippen molar-refractivity contribution in [3.05, 3.63) is 65.2 Å². The third-order valence-electron chi connectivity index (χ3n) is 7.00. The summed E-state index contributed by atoms with van der Waals surface area (Å²) in [5.74, 6) is -0.305. The van der Waals surface area contributed by atoms with Crippen molar-refractivity contribution in [3.63, 3.8) is 0 Å². The molecule has 1 aliphatic carbocycles. The predicted molar refractivity (Wildman–Crippen MR) is 144 cm³/mol. The number of carbonyl (C=O) groups is 2. The van der Waals surface area contributed by atoms with Gasteiger partial charge in [-0.15, -0.1) is 0 Å². The number of hydrogen-bond acceptors (Lipinski definition) is 4. The maximum absolute atomic E-state index is 13.4. The maximum atomic E-state index is 13.4. The van der Waals surface area contributed by atoms with Crippen LogP contribution in [0, 0.1) is 13.8 Å². The van der Waals surface area contributed by atoms with Crippen LogP contribution < -0.4 is 9.62 Å². The van der Waals surface area contributed by atoms with Crippen molar-refractivity contribution < 1.29 is 18.0 Å². The van der Waals surface area contributed by atoms with Gasteiger partial charge in [-0.1, -0.05) is 49.2 Å². The summed E-state index contributed by atoms with van der Waals surface area (Å²) in [6.45, 7) is 6.21. The van der Waals surface area contributed by atoms with Gasteiger partial charge in [-0.2, -0.15) is 0 Å². The van der Waals surface area contributed by atoms with Crippen LogP contribution in [0.1, 0.15) is 62.1 Å². The molecular weight excluding hydrogens is 474 g/mol. The highest BCUT2D eigenvalue weighted by Gasteiger charge is 2.28. The number of rotatable bonds is 11. The minimum absolute atomic E-state index is 0.140. The average molecular weight is 514 g/mol. The van der Waals surface area contributed by atoms with Crippen LogP contribution in [-0.4, -0.2) is 50.0 Å². The fourth-order valence-electron chi connectivity index (χ4n) is 4.64. The Morgan fingerprint density at radius 1 is 1.03 bits per heavy atom. The lowest BCUT2D eigenvalue weighted by Gasteiger charge is -2.30. The van der Waals surface area contributed by atoms with Crippen molar-refractivity contribution in [2.75, 3.05) is 17.1 Å². The molecule has 1 aliphatic rings. The Balaban J connectivity index is 1.70. The number of nitrogens with zero attached hydrogens (tertiary/aromatic N) is 2. The highest BCUT2D eigenvalue weighted by atomic mass is 32.2. The molecule has 0 saturated heterocycles. The first-order valence-corrected chi connectivity index (χ1v) is 14.6. The maximum Gasteiger partial charge on any atom is 0.242 e. The van der Waals surface area contributed by atoms with Gasteiger partial charge < -0.3 is 10.2 Å². The second kappa shape index (κ2) is 12.4. The molecule has 0 aliphatic heterocycles. The van der Waals surface area contributed by atoms with E-state index in [4.69, 9.17) is 0 Å². The summed E-state index contributed by atoms with van der Waals surface area (Å²) in [6.07, 6.45) is 5.86. The van der Waals surface area contributed by atoms with Crippen molar-refractivity contribution in [1.29, 1.82) is 0 Å². The fraction of sp³-hybridized carbons (Fsp3) is 0.500. The molecular formula is C28H39N3O4S. The second-order valence-corrected chi connectivity index (χ2v) is 11.8. The molecule has 2 aromatic rings. The van der Waals surface area contributed by atoms with E-state index in [1.54, 1.807) is 17.9 Å². The zero-order valence-electron chi connectivity index (χ0n) is 21.9. The van der Waals surface area contributed by atoms with Gasteiger partial charge in [-0.25, -0.2) is 8.42 Å². The van der Waals surface area contributed by atoms with Crippen LogP contribution in [0.15, 0.2) is 48.5 Å². The van der Waals surface area contributed by atoms with Crippen LogP contribution in [0.3, 0.4) is 0 Å². The Hall–Kier alpha value is -2.87. The van der Waals surface area contributed by atoms with Gasteiger partial charge in [0.2, 0.25) is 21.8 Å². The monoisotopic (exact) mass is 513 g/mol. The summed E-state index contributed by atoms with van der Waals surface area (Å²) in [4.78, 5) is 28.0. The molecule has 196 valence electrons. The summed E-state index contributed by atoms with van der Waals surface area (Å²) in [5.41, 5.74) is 3.63. The van der Waals surface area contributed by atoms with E-state index in [2.05, 4.69) is 5.32 Å². The average Bonchev–Trinajstić information content (AvgIpc) is 3.34. The van der Waals surface area contributed by atoms with E-state index < -0.39 is 16.1 Å². The molecule has 0 aromatic heterocycles. The molecule has 2 amide bonds. The highest BCUT2D eigenvalue weighted by Crippen LogP contribution is 2.23. The van der Waals surface area contributed by atoms with Crippen molar-refractivity contribution in [1.82, 2.24) is 10.2 Å². The zero-order chi connectivity index (χ0) is 26.3. The van der Waals surface area contributed by atoms with Crippen molar-refractivity contribution in [2.45, 2.75) is 77.9 Å². The molecule has 3 rings (SSSR count). The van der Waals surface area contributed by atoms with Gasteiger partial charge in [0, 0.05) is 25.6 Å². The number of sulfonamides is 1. The van der Waals surface area contributed by atoms with Gasteiger partial charge in [-0.05, 0) is 68.9 Å². The van der Waals surface area contributed by atoms with Crippen LogP contribution in [-0.2, 0) is 26.2 Å². The Morgan fingerprint density at radius 2 is 1.69 bits per heavy atom. The molecule has 1 N–H and O–H groups in total. The number of benzene rings is 2. The van der Waals surface area contributed by atoms with Crippen molar-refractivity contribution >= 4 is 27.5 Å². The Bertz CT molecular complexity index is 1140. The van der Waals surface area contributed by atoms with Gasteiger partial charge in [0.25, 0.3) is 0 Å². The molecule has 1 unspecified atom stereocenters. The Labute approximate surface area is 215 Å². The van der Waals surface area contributed by atoms with Gasteiger partial charge in [0.1, 0.15) is 6.04 Å². The number of hydrogen-bond donors (Lipinski definition) is 1. The smallest absolute Gasteiger partial charge is 0.242 e. The zero-order valence-corrected chi connectivity index (χ0v) is 22.7. The van der Waals surface area contributed by atoms with E-state index >= 15 is 0 Å². The minimum atomic E-state index is -3.51. The molecule has 36 heavy (non-hydrogen) atoms. The second-order valence-electron chi connectivity index (χ2n) is 9.88. The summed E-state index contributed by atoms with van der Waals surface area (Å²) >= 11 is 0. The van der Waals surface area contributed by atoms with E-state index in [1.807, 2.05) is 56.3 Å². The molecule has 0 spiro atoms. The number of nitrogens with one attached hydrogen (secondary N) is 1. The third-order valence-corrected chi connectivity index (χ3v) is 8.19. The standard InChI is InChI=1S/C28H39N3O4S/c1-21-16-17-26(19-22(21)2)31(36(4,34)35)18-10-15-27(32)30(20-24-11-6-5-7-12-24)23(3)28(33)29-25-13-8-9-14-25/h5-7,11-12,16-17,19,23,25H,8-10,13-15,18,20H2,1-4H3,(H,29,33). The van der Waals surface area contributed by atoms with E-state index in [-0.39, 0.29) is 30.8 Å². The van der Waals surface area contributed by atoms with Gasteiger partial charge in [0.05, 0.1) is 11.9 Å². The lowest BCUT2D eigenvalue weighted by Crippen LogP contribution is -2.49. The van der Waals surface area contributed by atoms with Crippen LogP contribution in [0.5, 0.6) is 0 Å². The fourth-order valence-corrected chi connectivity index (χ4v) is 5.60. The summed E-state index contributed by atoms with van der Waals surface area (Å²) in [5, 5.41) is 3.10. The normalized spacial score (nSPS) is 14.9. The summed E-state index contributed by atoms with van der Waals surface area (Å²) in [7, 11) is -3.51. The van der Waals surface area contributed by atoms with Crippen LogP contribution >= 0.6 is 0 Å². The number of anilines is 1. The largest absolute Gasteiger partial charge is 0.352 e. The summed E-state index contributed by atoms with van der Waals surface area (Å²) < 4.78 is 26.4. The van der Waals surface area contributed by atoms with E-state index in [1.165, 1.54) is 10.6 Å². The topological polar surface area (TPSA) is 86.8 Å². The SMILES string of the molecule is Cc1ccc(N(CCCC(=O)N(Cc2ccccc2)C(C)C(=O)NC2CCCC2)S(C)(=O)=O)cc1C. The number of aryl methyl sites for hydroxylation is 2. The van der Waals surface area contributed by atoms with Crippen LogP contribution in [0.4, 0.5) is 5.69 Å². The molecule has 0 bridgehead atoms. The Morgan fingerprint density at radius 3 is 2.31 bits per heavy atom. The van der Waals surface area contributed by atoms with E-state index in [0.29, 0.717) is 18.7 Å². The van der Waals surface area contributed by atoms with Crippen LogP contribution in [0.25, 0.3) is 0 Å². The Kier molecular flexibility index (Phi) is 9.54. The minimum Gasteiger partial charge on any atom is -0.352 e. The first-order valence-electron chi connectivity index (χ1n) is 12.7. The van der Waals surface area contributed by atoms with Crippen LogP contribution in [0.2, 0.25) is 0 Å². The quantitative estimate of drug-likeness (QED) is 0.485. The molecule has 0 radical (unpaired) electrons. The van der Waals surface area contributed by atoms with Gasteiger partial charge in [-0.3, -0.25) is 13.9 Å². The molecule has 1 atom stereocenters. The third kappa shape index (κ3) is 7.56. The van der Waals surface area contributed by atoms with Crippen molar-refractivity contribution in [3.8, 4) is 0 Å². The first kappa shape index (κ1) is 27.7. The molecule has 2 aromatic carbocycles. The molecule has 8 heteroatoms. The molecule has 1 fully saturated rings. The van der Waals surface area contributed by atoms with E-state index in [9.17, 15) is 18.0 Å². The molecule has 1 saturated carbocycles. The van der Waals surface area contributed by atoms with Gasteiger partial charge >= 0.3 is 0 Å². The predicted octanol–water partition coefficient (Wildman–Crippen LogP) is 4.33. The molecule has 0 heterocycles. The highest BCUT2D eigenvalue weighted by molar-refractivity contribution is 7.92. The summed E-state index contributed by atoms with van der Waals surface area (Å²) in [6, 6.07) is 14.7. The van der Waals surface area contributed by atoms with Crippen molar-refractivity contribution in [2.24, 2.45) is 0 Å². The lowest BCUT2D eigenvalue weighted by molar-refractivity contribution is -0.141. The van der Waals surface area contributed by atoms with E-state index in [0.717, 1.165) is 42.4 Å². The molecule has 7 nitrogen and oxygen atoms in total. The van der Waals surface area contributed by atoms with Gasteiger partial charge in [0.15, 0.2) is 0 Å². The number of amides is 2. The first-order chi connectivity index (χ1) is 17.1. The number of carbonyl (C=O) groups excluding carboxylic acids is 2.